The average Bonchev–Trinajstić information content (AvgIpc) is 2.76. The monoisotopic (exact) mass is 450 g/mol. The standard InChI is InChI=1S/C24H22N2O7/c1-4-7-16-10-15(12-19(32-3)21(16)33-13-20(27)28)11-17-22(29)25-24(31)26(23(17)30)18-9-6-5-8-14(18)2/h4-6,8-12H,1,7,13H2,2-3H3,(H,27,28)(H,25,29,31)/b17-11+. The Balaban J connectivity index is 2.07. The number of carbonyl (C=O) groups is 4. The number of hydrogen-bond donors (Lipinski definition) is 2. The van der Waals surface area contributed by atoms with E-state index in [0.717, 1.165) is 4.90 Å². The smallest absolute Gasteiger partial charge is 0.341 e. The Labute approximate surface area is 189 Å². The molecule has 1 saturated heterocycles. The highest BCUT2D eigenvalue weighted by atomic mass is 16.5. The van der Waals surface area contributed by atoms with Gasteiger partial charge in [-0.15, -0.1) is 6.58 Å². The quantitative estimate of drug-likeness (QED) is 0.360. The van der Waals surface area contributed by atoms with Crippen molar-refractivity contribution in [3.63, 3.8) is 0 Å². The molecular weight excluding hydrogens is 428 g/mol. The summed E-state index contributed by atoms with van der Waals surface area (Å²) in [7, 11) is 1.38. The average molecular weight is 450 g/mol. The van der Waals surface area contributed by atoms with Crippen LogP contribution in [0, 0.1) is 6.92 Å². The minimum absolute atomic E-state index is 0.220. The van der Waals surface area contributed by atoms with Crippen LogP contribution >= 0.6 is 0 Å². The number of anilines is 1. The second-order valence-corrected chi connectivity index (χ2v) is 7.13. The third-order valence-electron chi connectivity index (χ3n) is 4.85. The Morgan fingerprint density at radius 2 is 1.94 bits per heavy atom. The summed E-state index contributed by atoms with van der Waals surface area (Å²) in [5.41, 5.74) is 1.77. The zero-order chi connectivity index (χ0) is 24.1. The topological polar surface area (TPSA) is 122 Å². The molecule has 0 atom stereocenters. The predicted molar refractivity (Wildman–Crippen MR) is 120 cm³/mol. The number of para-hydroxylation sites is 1. The number of carboxylic acid groups (broad SMARTS) is 1. The number of nitrogens with one attached hydrogen (secondary N) is 1. The second-order valence-electron chi connectivity index (χ2n) is 7.13. The fourth-order valence-electron chi connectivity index (χ4n) is 3.38. The van der Waals surface area contributed by atoms with Crippen LogP contribution in [-0.4, -0.2) is 42.6 Å². The third-order valence-corrected chi connectivity index (χ3v) is 4.85. The van der Waals surface area contributed by atoms with Gasteiger partial charge in [-0.2, -0.15) is 0 Å². The number of imide groups is 2. The van der Waals surface area contributed by atoms with Crippen molar-refractivity contribution in [3.05, 3.63) is 71.3 Å². The van der Waals surface area contributed by atoms with E-state index in [9.17, 15) is 19.2 Å². The highest BCUT2D eigenvalue weighted by molar-refractivity contribution is 6.39. The lowest BCUT2D eigenvalue weighted by molar-refractivity contribution is -0.139. The van der Waals surface area contributed by atoms with Crippen molar-refractivity contribution in [2.24, 2.45) is 0 Å². The number of nitrogens with zero attached hydrogens (tertiary/aromatic N) is 1. The molecule has 170 valence electrons. The van der Waals surface area contributed by atoms with Gasteiger partial charge in [-0.3, -0.25) is 14.9 Å². The van der Waals surface area contributed by atoms with Crippen LogP contribution in [-0.2, 0) is 20.8 Å². The van der Waals surface area contributed by atoms with Gasteiger partial charge in [0.2, 0.25) is 0 Å². The van der Waals surface area contributed by atoms with E-state index in [0.29, 0.717) is 28.8 Å². The number of amides is 4. The molecule has 2 aromatic rings. The Bertz CT molecular complexity index is 1180. The Morgan fingerprint density at radius 3 is 2.58 bits per heavy atom. The van der Waals surface area contributed by atoms with Crippen molar-refractivity contribution in [2.45, 2.75) is 13.3 Å². The Kier molecular flexibility index (Phi) is 6.92. The van der Waals surface area contributed by atoms with Gasteiger partial charge in [0, 0.05) is 5.56 Å². The number of urea groups is 1. The molecule has 1 fully saturated rings. The van der Waals surface area contributed by atoms with Crippen LogP contribution in [0.4, 0.5) is 10.5 Å². The van der Waals surface area contributed by atoms with Gasteiger partial charge in [0.05, 0.1) is 12.8 Å². The number of barbiturate groups is 1. The highest BCUT2D eigenvalue weighted by Gasteiger charge is 2.37. The van der Waals surface area contributed by atoms with E-state index < -0.39 is 30.4 Å². The fraction of sp³-hybridized carbons (Fsp3) is 0.167. The lowest BCUT2D eigenvalue weighted by Crippen LogP contribution is -2.54. The number of carboxylic acids is 1. The summed E-state index contributed by atoms with van der Waals surface area (Å²) in [6.07, 6.45) is 3.25. The molecular formula is C24H22N2O7. The number of rotatable bonds is 8. The first-order chi connectivity index (χ1) is 15.8. The van der Waals surface area contributed by atoms with Crippen LogP contribution in [0.5, 0.6) is 11.5 Å². The summed E-state index contributed by atoms with van der Waals surface area (Å²) in [5, 5.41) is 11.1. The van der Waals surface area contributed by atoms with E-state index in [4.69, 9.17) is 14.6 Å². The van der Waals surface area contributed by atoms with Gasteiger partial charge in [0.15, 0.2) is 18.1 Å². The van der Waals surface area contributed by atoms with Crippen molar-refractivity contribution in [3.8, 4) is 11.5 Å². The molecule has 0 bridgehead atoms. The van der Waals surface area contributed by atoms with Crippen molar-refractivity contribution < 1.29 is 33.8 Å². The number of allylic oxidation sites excluding steroid dienone is 1. The van der Waals surface area contributed by atoms with Crippen LogP contribution in [0.1, 0.15) is 16.7 Å². The summed E-state index contributed by atoms with van der Waals surface area (Å²) >= 11 is 0. The van der Waals surface area contributed by atoms with E-state index in [-0.39, 0.29) is 17.1 Å². The number of aryl methyl sites for hydroxylation is 1. The Hall–Kier alpha value is -4.40. The molecule has 9 nitrogen and oxygen atoms in total. The number of hydrogen-bond acceptors (Lipinski definition) is 6. The summed E-state index contributed by atoms with van der Waals surface area (Å²) in [6, 6.07) is 9.12. The molecule has 0 unspecified atom stereocenters. The number of carbonyl (C=O) groups excluding carboxylic acids is 3. The van der Waals surface area contributed by atoms with E-state index in [2.05, 4.69) is 11.9 Å². The van der Waals surface area contributed by atoms with Gasteiger partial charge in [-0.25, -0.2) is 14.5 Å². The van der Waals surface area contributed by atoms with Crippen molar-refractivity contribution in [1.82, 2.24) is 5.32 Å². The summed E-state index contributed by atoms with van der Waals surface area (Å²) in [4.78, 5) is 49.9. The molecule has 2 aromatic carbocycles. The molecule has 2 N–H and O–H groups in total. The molecule has 1 aliphatic rings. The largest absolute Gasteiger partial charge is 0.493 e. The second kappa shape index (κ2) is 9.82. The molecule has 0 saturated carbocycles. The third kappa shape index (κ3) is 4.93. The highest BCUT2D eigenvalue weighted by Crippen LogP contribution is 2.35. The minimum atomic E-state index is -1.15. The first kappa shape index (κ1) is 23.3. The summed E-state index contributed by atoms with van der Waals surface area (Å²) < 4.78 is 10.7. The van der Waals surface area contributed by atoms with Crippen molar-refractivity contribution >= 4 is 35.6 Å². The van der Waals surface area contributed by atoms with Crippen molar-refractivity contribution in [2.75, 3.05) is 18.6 Å². The van der Waals surface area contributed by atoms with Gasteiger partial charge in [0.1, 0.15) is 5.57 Å². The normalized spacial score (nSPS) is 14.8. The fourth-order valence-corrected chi connectivity index (χ4v) is 3.38. The predicted octanol–water partition coefficient (Wildman–Crippen LogP) is 2.86. The molecule has 0 aliphatic carbocycles. The lowest BCUT2D eigenvalue weighted by atomic mass is 10.0. The number of aliphatic carboxylic acids is 1. The van der Waals surface area contributed by atoms with Gasteiger partial charge >= 0.3 is 12.0 Å². The molecule has 1 aliphatic heterocycles. The maximum Gasteiger partial charge on any atom is 0.341 e. The van der Waals surface area contributed by atoms with Crippen LogP contribution in [0.25, 0.3) is 6.08 Å². The molecule has 0 spiro atoms. The first-order valence-corrected chi connectivity index (χ1v) is 9.90. The van der Waals surface area contributed by atoms with Crippen molar-refractivity contribution in [1.29, 1.82) is 0 Å². The molecule has 9 heteroatoms. The number of benzene rings is 2. The maximum absolute atomic E-state index is 13.2. The van der Waals surface area contributed by atoms with Crippen LogP contribution in [0.15, 0.2) is 54.6 Å². The molecule has 4 amide bonds. The van der Waals surface area contributed by atoms with E-state index in [1.807, 2.05) is 0 Å². The van der Waals surface area contributed by atoms with Crippen LogP contribution in [0.2, 0.25) is 0 Å². The molecule has 0 aromatic heterocycles. The molecule has 0 radical (unpaired) electrons. The van der Waals surface area contributed by atoms with Gasteiger partial charge in [-0.05, 0) is 48.7 Å². The SMILES string of the molecule is C=CCc1cc(/C=C2\C(=O)NC(=O)N(c3ccccc3C)C2=O)cc(OC)c1OCC(=O)O. The Morgan fingerprint density at radius 1 is 1.21 bits per heavy atom. The van der Waals surface area contributed by atoms with Gasteiger partial charge < -0.3 is 14.6 Å². The summed E-state index contributed by atoms with van der Waals surface area (Å²) in [5.74, 6) is -2.31. The summed E-state index contributed by atoms with van der Waals surface area (Å²) in [6.45, 7) is 4.86. The number of ether oxygens (including phenoxy) is 2. The lowest BCUT2D eigenvalue weighted by Gasteiger charge is -2.27. The maximum atomic E-state index is 13.2. The zero-order valence-electron chi connectivity index (χ0n) is 18.1. The van der Waals surface area contributed by atoms with E-state index in [1.165, 1.54) is 19.3 Å². The molecule has 33 heavy (non-hydrogen) atoms. The first-order valence-electron chi connectivity index (χ1n) is 9.90. The zero-order valence-corrected chi connectivity index (χ0v) is 18.1. The van der Waals surface area contributed by atoms with Crippen LogP contribution in [0.3, 0.4) is 0 Å². The van der Waals surface area contributed by atoms with E-state index >= 15 is 0 Å². The minimum Gasteiger partial charge on any atom is -0.493 e. The number of methoxy groups -OCH3 is 1. The van der Waals surface area contributed by atoms with Crippen LogP contribution < -0.4 is 19.7 Å². The van der Waals surface area contributed by atoms with Gasteiger partial charge in [0.25, 0.3) is 11.8 Å². The molecule has 1 heterocycles. The van der Waals surface area contributed by atoms with E-state index in [1.54, 1.807) is 43.3 Å². The molecule has 3 rings (SSSR count). The van der Waals surface area contributed by atoms with Gasteiger partial charge in [-0.1, -0.05) is 24.3 Å².